The van der Waals surface area contributed by atoms with Crippen LogP contribution in [0.25, 0.3) is 0 Å². The zero-order valence-electron chi connectivity index (χ0n) is 11.0. The average molecular weight is 279 g/mol. The van der Waals surface area contributed by atoms with Gasteiger partial charge in [-0.2, -0.15) is 0 Å². The molecule has 0 atom stereocenters. The molecule has 108 valence electrons. The van der Waals surface area contributed by atoms with E-state index in [-0.39, 0.29) is 17.1 Å². The van der Waals surface area contributed by atoms with Crippen LogP contribution >= 0.6 is 0 Å². The summed E-state index contributed by atoms with van der Waals surface area (Å²) in [6.07, 6.45) is 7.02. The van der Waals surface area contributed by atoms with Crippen molar-refractivity contribution in [2.45, 2.75) is 32.1 Å². The van der Waals surface area contributed by atoms with Crippen molar-refractivity contribution >= 4 is 17.5 Å². The van der Waals surface area contributed by atoms with Gasteiger partial charge >= 0.3 is 11.7 Å². The summed E-state index contributed by atoms with van der Waals surface area (Å²) in [5.41, 5.74) is -0.472. The summed E-state index contributed by atoms with van der Waals surface area (Å²) in [7, 11) is 0. The lowest BCUT2D eigenvalue weighted by molar-refractivity contribution is -0.384. The molecule has 1 saturated carbocycles. The van der Waals surface area contributed by atoms with Gasteiger partial charge in [0, 0.05) is 18.8 Å². The Morgan fingerprint density at radius 1 is 1.45 bits per heavy atom. The molecule has 1 aromatic rings. The number of hydrogen-bond acceptors (Lipinski definition) is 5. The molecule has 1 aromatic heterocycles. The SMILES string of the molecule is O=C(O)c1cnc(NCC2CCCCC2)c([N+](=O)[O-])c1. The lowest BCUT2D eigenvalue weighted by Gasteiger charge is -2.21. The maximum absolute atomic E-state index is 11.0. The number of aromatic nitrogens is 1. The second-order valence-corrected chi connectivity index (χ2v) is 5.04. The van der Waals surface area contributed by atoms with E-state index in [2.05, 4.69) is 10.3 Å². The molecule has 0 aromatic carbocycles. The predicted molar refractivity (Wildman–Crippen MR) is 72.9 cm³/mol. The van der Waals surface area contributed by atoms with Crippen molar-refractivity contribution in [1.29, 1.82) is 0 Å². The van der Waals surface area contributed by atoms with Gasteiger partial charge in [0.15, 0.2) is 0 Å². The second-order valence-electron chi connectivity index (χ2n) is 5.04. The number of carboxylic acids is 1. The summed E-state index contributed by atoms with van der Waals surface area (Å²) in [5, 5.41) is 22.8. The van der Waals surface area contributed by atoms with E-state index in [1.54, 1.807) is 0 Å². The standard InChI is InChI=1S/C13H17N3O4/c17-13(18)10-6-11(16(19)20)12(15-8-10)14-7-9-4-2-1-3-5-9/h6,8-9H,1-5,7H2,(H,14,15)(H,17,18). The van der Waals surface area contributed by atoms with Crippen LogP contribution in [-0.4, -0.2) is 27.5 Å². The van der Waals surface area contributed by atoms with Gasteiger partial charge in [0.05, 0.1) is 10.5 Å². The minimum Gasteiger partial charge on any atom is -0.478 e. The van der Waals surface area contributed by atoms with Gasteiger partial charge < -0.3 is 10.4 Å². The maximum Gasteiger partial charge on any atom is 0.337 e. The van der Waals surface area contributed by atoms with Crippen molar-refractivity contribution in [2.75, 3.05) is 11.9 Å². The van der Waals surface area contributed by atoms with Crippen molar-refractivity contribution in [3.05, 3.63) is 27.9 Å². The van der Waals surface area contributed by atoms with Crippen LogP contribution in [0.2, 0.25) is 0 Å². The van der Waals surface area contributed by atoms with Crippen LogP contribution in [0, 0.1) is 16.0 Å². The van der Waals surface area contributed by atoms with Crippen LogP contribution in [-0.2, 0) is 0 Å². The van der Waals surface area contributed by atoms with Crippen LogP contribution in [0.15, 0.2) is 12.3 Å². The van der Waals surface area contributed by atoms with Crippen molar-refractivity contribution in [1.82, 2.24) is 4.98 Å². The van der Waals surface area contributed by atoms with Crippen LogP contribution in [0.5, 0.6) is 0 Å². The van der Waals surface area contributed by atoms with Crippen LogP contribution in [0.3, 0.4) is 0 Å². The van der Waals surface area contributed by atoms with E-state index in [0.717, 1.165) is 25.1 Å². The molecule has 0 radical (unpaired) electrons. The minimum absolute atomic E-state index is 0.144. The molecule has 0 amide bonds. The number of nitrogens with zero attached hydrogens (tertiary/aromatic N) is 2. The molecule has 2 N–H and O–H groups in total. The Morgan fingerprint density at radius 3 is 2.75 bits per heavy atom. The first-order valence-electron chi connectivity index (χ1n) is 6.69. The Morgan fingerprint density at radius 2 is 2.15 bits per heavy atom. The molecule has 1 fully saturated rings. The van der Waals surface area contributed by atoms with E-state index in [4.69, 9.17) is 5.11 Å². The minimum atomic E-state index is -1.22. The smallest absolute Gasteiger partial charge is 0.337 e. The fourth-order valence-electron chi connectivity index (χ4n) is 2.48. The summed E-state index contributed by atoms with van der Waals surface area (Å²) in [6, 6.07) is 1.04. The molecule has 0 unspecified atom stereocenters. The molecular weight excluding hydrogens is 262 g/mol. The molecule has 0 spiro atoms. The number of pyridine rings is 1. The first-order chi connectivity index (χ1) is 9.58. The third-order valence-electron chi connectivity index (χ3n) is 3.59. The molecule has 1 aliphatic rings. The lowest BCUT2D eigenvalue weighted by Crippen LogP contribution is -2.18. The fraction of sp³-hybridized carbons (Fsp3) is 0.538. The molecule has 7 nitrogen and oxygen atoms in total. The van der Waals surface area contributed by atoms with Crippen molar-refractivity contribution in [2.24, 2.45) is 5.92 Å². The summed E-state index contributed by atoms with van der Waals surface area (Å²) in [6.45, 7) is 0.639. The monoisotopic (exact) mass is 279 g/mol. The Balaban J connectivity index is 2.09. The molecule has 0 saturated heterocycles. The summed E-state index contributed by atoms with van der Waals surface area (Å²) in [4.78, 5) is 25.1. The third kappa shape index (κ3) is 3.43. The lowest BCUT2D eigenvalue weighted by atomic mass is 9.89. The molecule has 1 heterocycles. The highest BCUT2D eigenvalue weighted by Crippen LogP contribution is 2.26. The zero-order valence-corrected chi connectivity index (χ0v) is 11.0. The Bertz CT molecular complexity index is 512. The van der Waals surface area contributed by atoms with Crippen molar-refractivity contribution in [3.63, 3.8) is 0 Å². The van der Waals surface area contributed by atoms with Crippen molar-refractivity contribution < 1.29 is 14.8 Å². The van der Waals surface area contributed by atoms with E-state index in [1.165, 1.54) is 19.3 Å². The zero-order chi connectivity index (χ0) is 14.5. The molecular formula is C13H17N3O4. The molecule has 0 aliphatic heterocycles. The van der Waals surface area contributed by atoms with Gasteiger partial charge in [0.1, 0.15) is 0 Å². The van der Waals surface area contributed by atoms with E-state index >= 15 is 0 Å². The molecule has 20 heavy (non-hydrogen) atoms. The van der Waals surface area contributed by atoms with Gasteiger partial charge in [-0.1, -0.05) is 19.3 Å². The highest BCUT2D eigenvalue weighted by Gasteiger charge is 2.20. The number of rotatable bonds is 5. The van der Waals surface area contributed by atoms with Crippen LogP contribution < -0.4 is 5.32 Å². The maximum atomic E-state index is 11.0. The molecule has 2 rings (SSSR count). The van der Waals surface area contributed by atoms with Gasteiger partial charge in [-0.25, -0.2) is 9.78 Å². The van der Waals surface area contributed by atoms with E-state index in [9.17, 15) is 14.9 Å². The highest BCUT2D eigenvalue weighted by atomic mass is 16.6. The number of aromatic carboxylic acids is 1. The molecule has 0 bridgehead atoms. The molecule has 7 heteroatoms. The third-order valence-corrected chi connectivity index (χ3v) is 3.59. The molecule has 1 aliphatic carbocycles. The van der Waals surface area contributed by atoms with Crippen LogP contribution in [0.1, 0.15) is 42.5 Å². The number of anilines is 1. The first-order valence-corrected chi connectivity index (χ1v) is 6.69. The van der Waals surface area contributed by atoms with E-state index in [1.807, 2.05) is 0 Å². The van der Waals surface area contributed by atoms with Gasteiger partial charge in [-0.15, -0.1) is 0 Å². The highest BCUT2D eigenvalue weighted by molar-refractivity contribution is 5.88. The first kappa shape index (κ1) is 14.2. The predicted octanol–water partition coefficient (Wildman–Crippen LogP) is 2.68. The second kappa shape index (κ2) is 6.31. The van der Waals surface area contributed by atoms with Gasteiger partial charge in [-0.05, 0) is 18.8 Å². The number of hydrogen-bond donors (Lipinski definition) is 2. The van der Waals surface area contributed by atoms with Gasteiger partial charge in [0.2, 0.25) is 5.82 Å². The topological polar surface area (TPSA) is 105 Å². The Kier molecular flexibility index (Phi) is 4.49. The van der Waals surface area contributed by atoms with E-state index in [0.29, 0.717) is 12.5 Å². The van der Waals surface area contributed by atoms with E-state index < -0.39 is 10.9 Å². The van der Waals surface area contributed by atoms with Gasteiger partial charge in [-0.3, -0.25) is 10.1 Å². The van der Waals surface area contributed by atoms with Crippen LogP contribution in [0.4, 0.5) is 11.5 Å². The number of nitro groups is 1. The number of carbonyl (C=O) groups is 1. The summed E-state index contributed by atoms with van der Waals surface area (Å²) >= 11 is 0. The fourth-order valence-corrected chi connectivity index (χ4v) is 2.48. The van der Waals surface area contributed by atoms with Crippen molar-refractivity contribution in [3.8, 4) is 0 Å². The summed E-state index contributed by atoms with van der Waals surface area (Å²) in [5.74, 6) is -0.575. The normalized spacial score (nSPS) is 15.8. The Labute approximate surface area is 116 Å². The number of nitrogens with one attached hydrogen (secondary N) is 1. The largest absolute Gasteiger partial charge is 0.478 e. The quantitative estimate of drug-likeness (QED) is 0.634. The Hall–Kier alpha value is -2.18. The number of carboxylic acid groups (broad SMARTS) is 1. The van der Waals surface area contributed by atoms with Gasteiger partial charge in [0.25, 0.3) is 0 Å². The average Bonchev–Trinajstić information content (AvgIpc) is 2.45. The summed E-state index contributed by atoms with van der Waals surface area (Å²) < 4.78 is 0.